The number of fused-ring (bicyclic) bond motifs is 1. The maximum atomic E-state index is 12.2. The van der Waals surface area contributed by atoms with E-state index in [1.165, 1.54) is 11.3 Å². The van der Waals surface area contributed by atoms with Crippen LogP contribution in [0.1, 0.15) is 28.9 Å². The second kappa shape index (κ2) is 4.99. The lowest BCUT2D eigenvalue weighted by atomic mass is 9.80. The molecule has 3 N–H and O–H groups in total. The minimum Gasteiger partial charge on any atom is -0.396 e. The quantitative estimate of drug-likeness (QED) is 0.892. The molecule has 3 rings (SSSR count). The van der Waals surface area contributed by atoms with Gasteiger partial charge in [-0.1, -0.05) is 0 Å². The monoisotopic (exact) mass is 292 g/mol. The molecule has 1 aliphatic rings. The van der Waals surface area contributed by atoms with Crippen molar-refractivity contribution in [2.45, 2.75) is 24.9 Å². The van der Waals surface area contributed by atoms with Gasteiger partial charge in [0.25, 0.3) is 5.91 Å². The summed E-state index contributed by atoms with van der Waals surface area (Å²) < 4.78 is 5.48. The molecule has 6 nitrogen and oxygen atoms in total. The highest BCUT2D eigenvalue weighted by atomic mass is 32.1. The number of carbonyl (C=O) groups is 1. The van der Waals surface area contributed by atoms with Crippen LogP contribution >= 0.6 is 11.3 Å². The van der Waals surface area contributed by atoms with Gasteiger partial charge in [-0.2, -0.15) is 0 Å². The molecule has 2 heterocycles. The Bertz CT molecular complexity index is 645. The fraction of sp³-hybridized carbons (Fsp3) is 0.462. The number of amides is 1. The standard InChI is InChI=1S/C13H16N4O2S/c1-19-13(3-2-4-13)7-17-11(18)10-8(14)9-12(20-10)16-6-5-15-9/h5-6H,2-4,7,14H2,1H3,(H,17,18). The summed E-state index contributed by atoms with van der Waals surface area (Å²) in [6, 6.07) is 0. The third kappa shape index (κ3) is 2.12. The Kier molecular flexibility index (Phi) is 3.31. The number of aromatic nitrogens is 2. The maximum Gasteiger partial charge on any atom is 0.263 e. The summed E-state index contributed by atoms with van der Waals surface area (Å²) >= 11 is 1.26. The van der Waals surface area contributed by atoms with Crippen molar-refractivity contribution >= 4 is 33.3 Å². The topological polar surface area (TPSA) is 90.1 Å². The smallest absolute Gasteiger partial charge is 0.263 e. The molecule has 0 aromatic carbocycles. The SMILES string of the molecule is COC1(CNC(=O)c2sc3nccnc3c2N)CCC1. The maximum absolute atomic E-state index is 12.2. The van der Waals surface area contributed by atoms with Crippen LogP contribution in [0.5, 0.6) is 0 Å². The molecule has 1 aliphatic carbocycles. The number of ether oxygens (including phenoxy) is 1. The summed E-state index contributed by atoms with van der Waals surface area (Å²) in [5.41, 5.74) is 6.77. The lowest BCUT2D eigenvalue weighted by Crippen LogP contribution is -2.49. The fourth-order valence-corrected chi connectivity index (χ4v) is 3.30. The molecule has 0 saturated heterocycles. The zero-order valence-corrected chi connectivity index (χ0v) is 12.0. The number of nitrogens with one attached hydrogen (secondary N) is 1. The molecule has 1 fully saturated rings. The first-order valence-electron chi connectivity index (χ1n) is 6.47. The summed E-state index contributed by atoms with van der Waals surface area (Å²) in [6.07, 6.45) is 6.27. The number of thiophene rings is 1. The van der Waals surface area contributed by atoms with Crippen molar-refractivity contribution in [3.63, 3.8) is 0 Å². The van der Waals surface area contributed by atoms with Gasteiger partial charge in [0.15, 0.2) is 0 Å². The molecular weight excluding hydrogens is 276 g/mol. The highest BCUT2D eigenvalue weighted by molar-refractivity contribution is 7.21. The molecule has 106 valence electrons. The predicted molar refractivity (Wildman–Crippen MR) is 77.8 cm³/mol. The van der Waals surface area contributed by atoms with Crippen molar-refractivity contribution in [2.75, 3.05) is 19.4 Å². The third-order valence-corrected chi connectivity index (χ3v) is 4.94. The highest BCUT2D eigenvalue weighted by Gasteiger charge is 2.37. The number of rotatable bonds is 4. The minimum absolute atomic E-state index is 0.185. The van der Waals surface area contributed by atoms with Crippen molar-refractivity contribution in [3.8, 4) is 0 Å². The van der Waals surface area contributed by atoms with Crippen LogP contribution in [-0.2, 0) is 4.74 Å². The van der Waals surface area contributed by atoms with E-state index in [9.17, 15) is 4.79 Å². The Morgan fingerprint density at radius 3 is 2.85 bits per heavy atom. The van der Waals surface area contributed by atoms with Crippen molar-refractivity contribution in [3.05, 3.63) is 17.3 Å². The van der Waals surface area contributed by atoms with Crippen molar-refractivity contribution in [1.29, 1.82) is 0 Å². The predicted octanol–water partition coefficient (Wildman–Crippen LogP) is 1.57. The Labute approximate surface area is 120 Å². The number of anilines is 1. The average molecular weight is 292 g/mol. The second-order valence-corrected chi connectivity index (χ2v) is 5.98. The van der Waals surface area contributed by atoms with E-state index in [1.54, 1.807) is 19.5 Å². The zero-order chi connectivity index (χ0) is 14.2. The third-order valence-electron chi connectivity index (χ3n) is 3.84. The molecule has 2 aromatic heterocycles. The molecular formula is C13H16N4O2S. The van der Waals surface area contributed by atoms with Crippen LogP contribution in [-0.4, -0.2) is 35.1 Å². The summed E-state index contributed by atoms with van der Waals surface area (Å²) in [5, 5.41) is 2.91. The fourth-order valence-electron chi connectivity index (χ4n) is 2.36. The molecule has 0 aliphatic heterocycles. The van der Waals surface area contributed by atoms with Gasteiger partial charge in [0.1, 0.15) is 15.2 Å². The van der Waals surface area contributed by atoms with Gasteiger partial charge in [-0.3, -0.25) is 4.79 Å². The number of carbonyl (C=O) groups excluding carboxylic acids is 1. The van der Waals surface area contributed by atoms with Gasteiger partial charge < -0.3 is 15.8 Å². The highest BCUT2D eigenvalue weighted by Crippen LogP contribution is 2.35. The summed E-state index contributed by atoms with van der Waals surface area (Å²) in [6.45, 7) is 0.511. The van der Waals surface area contributed by atoms with Gasteiger partial charge in [-0.05, 0) is 19.3 Å². The molecule has 0 bridgehead atoms. The van der Waals surface area contributed by atoms with E-state index in [0.29, 0.717) is 27.5 Å². The molecule has 2 aromatic rings. The molecule has 0 spiro atoms. The molecule has 20 heavy (non-hydrogen) atoms. The summed E-state index contributed by atoms with van der Waals surface area (Å²) in [7, 11) is 1.69. The first-order valence-corrected chi connectivity index (χ1v) is 7.29. The van der Waals surface area contributed by atoms with E-state index in [4.69, 9.17) is 10.5 Å². The summed E-state index contributed by atoms with van der Waals surface area (Å²) in [5.74, 6) is -0.185. The van der Waals surface area contributed by atoms with Crippen molar-refractivity contribution < 1.29 is 9.53 Å². The van der Waals surface area contributed by atoms with Gasteiger partial charge in [0, 0.05) is 26.0 Å². The number of methoxy groups -OCH3 is 1. The van der Waals surface area contributed by atoms with Gasteiger partial charge in [0.2, 0.25) is 0 Å². The van der Waals surface area contributed by atoms with E-state index in [1.807, 2.05) is 0 Å². The van der Waals surface area contributed by atoms with Gasteiger partial charge in [0.05, 0.1) is 11.3 Å². The minimum atomic E-state index is -0.197. The Morgan fingerprint density at radius 2 is 2.25 bits per heavy atom. The lowest BCUT2D eigenvalue weighted by molar-refractivity contribution is -0.0679. The van der Waals surface area contributed by atoms with Crippen LogP contribution < -0.4 is 11.1 Å². The Morgan fingerprint density at radius 1 is 1.50 bits per heavy atom. The number of hydrogen-bond acceptors (Lipinski definition) is 6. The van der Waals surface area contributed by atoms with Gasteiger partial charge in [-0.15, -0.1) is 11.3 Å². The van der Waals surface area contributed by atoms with Crippen LogP contribution in [0, 0.1) is 0 Å². The van der Waals surface area contributed by atoms with E-state index in [0.717, 1.165) is 19.3 Å². The van der Waals surface area contributed by atoms with E-state index < -0.39 is 0 Å². The first kappa shape index (κ1) is 13.3. The average Bonchev–Trinajstić information content (AvgIpc) is 2.76. The van der Waals surface area contributed by atoms with Crippen LogP contribution in [0.4, 0.5) is 5.69 Å². The Hall–Kier alpha value is -1.73. The zero-order valence-electron chi connectivity index (χ0n) is 11.2. The van der Waals surface area contributed by atoms with E-state index in [-0.39, 0.29) is 11.5 Å². The Balaban J connectivity index is 1.77. The second-order valence-electron chi connectivity index (χ2n) is 4.98. The van der Waals surface area contributed by atoms with Crippen molar-refractivity contribution in [2.24, 2.45) is 0 Å². The summed E-state index contributed by atoms with van der Waals surface area (Å²) in [4.78, 5) is 21.7. The van der Waals surface area contributed by atoms with Crippen LogP contribution in [0.15, 0.2) is 12.4 Å². The molecule has 0 unspecified atom stereocenters. The van der Waals surface area contributed by atoms with E-state index >= 15 is 0 Å². The van der Waals surface area contributed by atoms with Crippen LogP contribution in [0.2, 0.25) is 0 Å². The molecule has 1 saturated carbocycles. The van der Waals surface area contributed by atoms with Crippen LogP contribution in [0.25, 0.3) is 10.3 Å². The molecule has 1 amide bonds. The largest absolute Gasteiger partial charge is 0.396 e. The molecule has 0 radical (unpaired) electrons. The number of nitrogens with zero attached hydrogens (tertiary/aromatic N) is 2. The van der Waals surface area contributed by atoms with Gasteiger partial charge >= 0.3 is 0 Å². The number of nitrogens with two attached hydrogens (primary N) is 1. The molecule has 0 atom stereocenters. The van der Waals surface area contributed by atoms with E-state index in [2.05, 4.69) is 15.3 Å². The van der Waals surface area contributed by atoms with Crippen LogP contribution in [0.3, 0.4) is 0 Å². The number of hydrogen-bond donors (Lipinski definition) is 2. The van der Waals surface area contributed by atoms with Gasteiger partial charge in [-0.25, -0.2) is 9.97 Å². The van der Waals surface area contributed by atoms with Crippen molar-refractivity contribution in [1.82, 2.24) is 15.3 Å². The first-order chi connectivity index (χ1) is 9.65. The number of nitrogen functional groups attached to an aromatic ring is 1. The molecule has 7 heteroatoms. The normalized spacial score (nSPS) is 16.9. The lowest BCUT2D eigenvalue weighted by Gasteiger charge is -2.40.